The highest BCUT2D eigenvalue weighted by molar-refractivity contribution is 5.69. The number of amides is 2. The summed E-state index contributed by atoms with van der Waals surface area (Å²) in [5.41, 5.74) is 8.50. The summed E-state index contributed by atoms with van der Waals surface area (Å²) >= 11 is 0. The van der Waals surface area contributed by atoms with Crippen LogP contribution in [0.4, 0.5) is 4.79 Å². The third-order valence-corrected chi connectivity index (χ3v) is 0.333. The van der Waals surface area contributed by atoms with Crippen LogP contribution in [0, 0.1) is 18.3 Å². The van der Waals surface area contributed by atoms with Gasteiger partial charge in [-0.05, 0) is 0 Å². The first kappa shape index (κ1) is 10.7. The number of rotatable bonds is 0. The van der Waals surface area contributed by atoms with Crippen molar-refractivity contribution in [2.45, 2.75) is 13.8 Å². The van der Waals surface area contributed by atoms with Crippen LogP contribution in [0.3, 0.4) is 0 Å². The molecule has 0 aliphatic rings. The van der Waals surface area contributed by atoms with Crippen LogP contribution >= 0.6 is 0 Å². The summed E-state index contributed by atoms with van der Waals surface area (Å²) < 4.78 is 0. The van der Waals surface area contributed by atoms with Gasteiger partial charge in [0.15, 0.2) is 0 Å². The number of carbonyl (C=O) groups excluding carboxylic acids is 1. The Hall–Kier alpha value is -1.17. The number of terminal acetylenes is 1. The average molecular weight is 128 g/mol. The minimum Gasteiger partial charge on any atom is -0.352 e. The van der Waals surface area contributed by atoms with Crippen molar-refractivity contribution in [3.63, 3.8) is 0 Å². The predicted molar refractivity (Wildman–Crippen MR) is 37.4 cm³/mol. The molecule has 0 saturated heterocycles. The van der Waals surface area contributed by atoms with Crippen molar-refractivity contribution < 1.29 is 4.79 Å². The fourth-order valence-electron chi connectivity index (χ4n) is 0. The highest BCUT2D eigenvalue weighted by atomic mass is 16.2. The Balaban J connectivity index is 0. The maximum absolute atomic E-state index is 9.00. The molecule has 0 aromatic rings. The predicted octanol–water partition coefficient (Wildman–Crippen LogP) is 0.299. The first-order chi connectivity index (χ1) is 4.00. The van der Waals surface area contributed by atoms with Gasteiger partial charge in [-0.15, -0.1) is 12.3 Å². The van der Waals surface area contributed by atoms with Gasteiger partial charge in [-0.2, -0.15) is 0 Å². The molecule has 0 bridgehead atoms. The molecule has 52 valence electrons. The van der Waals surface area contributed by atoms with Crippen LogP contribution in [0.25, 0.3) is 0 Å². The fourth-order valence-corrected chi connectivity index (χ4v) is 0. The summed E-state index contributed by atoms with van der Waals surface area (Å²) in [6.45, 7) is 3.97. The monoisotopic (exact) mass is 128 g/mol. The number of hydrogen-bond acceptors (Lipinski definition) is 1. The molecule has 0 atom stereocenters. The molecule has 0 aliphatic carbocycles. The molecule has 0 fully saturated rings. The summed E-state index contributed by atoms with van der Waals surface area (Å²) in [4.78, 5) is 9.00. The van der Waals surface area contributed by atoms with Gasteiger partial charge in [0.2, 0.25) is 0 Å². The molecule has 3 nitrogen and oxygen atoms in total. The summed E-state index contributed by atoms with van der Waals surface area (Å²) in [5, 5.41) is 0. The molecule has 0 spiro atoms. The van der Waals surface area contributed by atoms with Crippen LogP contribution in [-0.4, -0.2) is 6.03 Å². The van der Waals surface area contributed by atoms with Crippen LogP contribution in [0.2, 0.25) is 0 Å². The van der Waals surface area contributed by atoms with Crippen molar-refractivity contribution >= 4 is 6.03 Å². The summed E-state index contributed by atoms with van der Waals surface area (Å²) in [5.74, 6) is 2.94. The maximum atomic E-state index is 9.00. The number of carbonyl (C=O) groups is 1. The second-order valence-electron chi connectivity index (χ2n) is 1.72. The van der Waals surface area contributed by atoms with Crippen LogP contribution in [0.15, 0.2) is 0 Å². The van der Waals surface area contributed by atoms with E-state index in [0.717, 1.165) is 0 Å². The molecular formula is C6H12N2O. The van der Waals surface area contributed by atoms with Crippen molar-refractivity contribution in [3.8, 4) is 12.3 Å². The van der Waals surface area contributed by atoms with Crippen LogP contribution in [0.1, 0.15) is 13.8 Å². The standard InChI is InChI=1S/C5H8.CH4N2O/c1-4-5(2)3;2-1(3)4/h1,5H,2-3H3;(H4,2,3,4). The van der Waals surface area contributed by atoms with Gasteiger partial charge >= 0.3 is 6.03 Å². The number of nitrogens with two attached hydrogens (primary N) is 2. The molecule has 0 aliphatic heterocycles. The Labute approximate surface area is 55.4 Å². The Morgan fingerprint density at radius 2 is 1.67 bits per heavy atom. The highest BCUT2D eigenvalue weighted by Gasteiger charge is 1.74. The van der Waals surface area contributed by atoms with Crippen molar-refractivity contribution in [3.05, 3.63) is 0 Å². The van der Waals surface area contributed by atoms with E-state index >= 15 is 0 Å². The second kappa shape index (κ2) is 6.83. The van der Waals surface area contributed by atoms with E-state index in [1.165, 1.54) is 0 Å². The minimum absolute atomic E-state index is 0.412. The molecule has 2 amide bonds. The van der Waals surface area contributed by atoms with E-state index in [1.807, 2.05) is 13.8 Å². The highest BCUT2D eigenvalue weighted by Crippen LogP contribution is 1.81. The quantitative estimate of drug-likeness (QED) is 0.452. The Morgan fingerprint density at radius 3 is 1.67 bits per heavy atom. The molecule has 0 unspecified atom stereocenters. The van der Waals surface area contributed by atoms with Crippen molar-refractivity contribution in [2.75, 3.05) is 0 Å². The molecule has 4 N–H and O–H groups in total. The topological polar surface area (TPSA) is 69.1 Å². The van der Waals surface area contributed by atoms with Crippen LogP contribution in [0.5, 0.6) is 0 Å². The van der Waals surface area contributed by atoms with Crippen LogP contribution in [-0.2, 0) is 0 Å². The molecular weight excluding hydrogens is 116 g/mol. The van der Waals surface area contributed by atoms with Gasteiger partial charge in [-0.25, -0.2) is 4.79 Å². The zero-order chi connectivity index (χ0) is 7.86. The first-order valence-electron chi connectivity index (χ1n) is 2.51. The minimum atomic E-state index is -0.833. The molecule has 3 heteroatoms. The van der Waals surface area contributed by atoms with Gasteiger partial charge in [0, 0.05) is 5.92 Å². The Bertz CT molecular complexity index is 109. The lowest BCUT2D eigenvalue weighted by atomic mass is 10.2. The molecule has 0 saturated carbocycles. The van der Waals surface area contributed by atoms with Crippen molar-refractivity contribution in [2.24, 2.45) is 17.4 Å². The largest absolute Gasteiger partial charge is 0.352 e. The molecule has 0 aromatic heterocycles. The summed E-state index contributed by atoms with van der Waals surface area (Å²) in [6.07, 6.45) is 4.92. The smallest absolute Gasteiger partial charge is 0.309 e. The zero-order valence-corrected chi connectivity index (χ0v) is 5.72. The van der Waals surface area contributed by atoms with Gasteiger partial charge in [0.05, 0.1) is 0 Å². The molecule has 0 aromatic carbocycles. The Kier molecular flexibility index (Phi) is 8.16. The molecule has 0 heterocycles. The van der Waals surface area contributed by atoms with Gasteiger partial charge < -0.3 is 11.5 Å². The lowest BCUT2D eigenvalue weighted by molar-refractivity contribution is 0.256. The normalized spacial score (nSPS) is 6.89. The third-order valence-electron chi connectivity index (χ3n) is 0.333. The number of primary amides is 2. The van der Waals surface area contributed by atoms with Crippen molar-refractivity contribution in [1.82, 2.24) is 0 Å². The number of urea groups is 1. The average Bonchev–Trinajstić information content (AvgIpc) is 1.65. The van der Waals surface area contributed by atoms with E-state index in [0.29, 0.717) is 5.92 Å². The lowest BCUT2D eigenvalue weighted by Gasteiger charge is -1.80. The lowest BCUT2D eigenvalue weighted by Crippen LogP contribution is -2.18. The molecule has 9 heavy (non-hydrogen) atoms. The van der Waals surface area contributed by atoms with Gasteiger partial charge in [-0.3, -0.25) is 0 Å². The second-order valence-corrected chi connectivity index (χ2v) is 1.72. The molecule has 0 radical (unpaired) electrons. The SMILES string of the molecule is C#CC(C)C.NC(N)=O. The van der Waals surface area contributed by atoms with Gasteiger partial charge in [0.25, 0.3) is 0 Å². The zero-order valence-electron chi connectivity index (χ0n) is 5.72. The van der Waals surface area contributed by atoms with E-state index in [2.05, 4.69) is 17.4 Å². The maximum Gasteiger partial charge on any atom is 0.309 e. The van der Waals surface area contributed by atoms with E-state index < -0.39 is 6.03 Å². The van der Waals surface area contributed by atoms with Crippen molar-refractivity contribution in [1.29, 1.82) is 0 Å². The number of hydrogen-bond donors (Lipinski definition) is 2. The third kappa shape index (κ3) is 231. The first-order valence-corrected chi connectivity index (χ1v) is 2.51. The summed E-state index contributed by atoms with van der Waals surface area (Å²) in [7, 11) is 0. The fraction of sp³-hybridized carbons (Fsp3) is 0.500. The van der Waals surface area contributed by atoms with E-state index in [4.69, 9.17) is 11.2 Å². The van der Waals surface area contributed by atoms with Gasteiger partial charge in [-0.1, -0.05) is 13.8 Å². The Morgan fingerprint density at radius 1 is 1.56 bits per heavy atom. The summed E-state index contributed by atoms with van der Waals surface area (Å²) in [6, 6.07) is -0.833. The van der Waals surface area contributed by atoms with Gasteiger partial charge in [0.1, 0.15) is 0 Å². The molecule has 0 rings (SSSR count). The van der Waals surface area contributed by atoms with E-state index in [9.17, 15) is 0 Å². The van der Waals surface area contributed by atoms with Crippen LogP contribution < -0.4 is 11.5 Å². The van der Waals surface area contributed by atoms with E-state index in [-0.39, 0.29) is 0 Å². The van der Waals surface area contributed by atoms with E-state index in [1.54, 1.807) is 0 Å².